The number of amides is 4. The number of aryl methyl sites for hydroxylation is 2. The minimum absolute atomic E-state index is 0.383. The number of hydrogen-bond acceptors (Lipinski definition) is 8. The number of carbonyl (C=O) groups is 4. The third kappa shape index (κ3) is 3.21. The Labute approximate surface area is 240 Å². The Balaban J connectivity index is 1.30. The lowest BCUT2D eigenvalue weighted by Crippen LogP contribution is -2.50. The molecule has 6 heterocycles. The molecule has 10 heteroatoms. The number of rotatable bonds is 4. The second-order valence-corrected chi connectivity index (χ2v) is 11.3. The molecule has 0 saturated carbocycles. The van der Waals surface area contributed by atoms with Crippen LogP contribution in [0.2, 0.25) is 0 Å². The smallest absolute Gasteiger partial charge is 0.253 e. The number of fused-ring (bicyclic) bond motifs is 5. The van der Waals surface area contributed by atoms with Gasteiger partial charge in [-0.2, -0.15) is 0 Å². The van der Waals surface area contributed by atoms with Crippen molar-refractivity contribution in [2.75, 3.05) is 9.80 Å². The van der Waals surface area contributed by atoms with Crippen LogP contribution in [-0.2, 0) is 19.2 Å². The first-order chi connectivity index (χ1) is 20.4. The van der Waals surface area contributed by atoms with Crippen LogP contribution in [0, 0.1) is 25.7 Å². The lowest BCUT2D eigenvalue weighted by atomic mass is 9.87. The number of nitrogens with zero attached hydrogens (tertiary/aromatic N) is 4. The summed E-state index contributed by atoms with van der Waals surface area (Å²) in [6.45, 7) is 3.86. The highest BCUT2D eigenvalue weighted by atomic mass is 16.3. The van der Waals surface area contributed by atoms with Gasteiger partial charge >= 0.3 is 0 Å². The molecule has 10 nitrogen and oxygen atoms in total. The highest BCUT2D eigenvalue weighted by Crippen LogP contribution is 2.59. The van der Waals surface area contributed by atoms with Crippen LogP contribution in [-0.4, -0.2) is 45.7 Å². The van der Waals surface area contributed by atoms with E-state index in [0.29, 0.717) is 22.9 Å². The number of benzene rings is 2. The molecule has 4 fully saturated rings. The topological polar surface area (TPSA) is 108 Å². The van der Waals surface area contributed by atoms with E-state index in [1.807, 2.05) is 38.1 Å². The van der Waals surface area contributed by atoms with E-state index >= 15 is 0 Å². The molecular formula is C32H26N4O6. The second kappa shape index (κ2) is 8.85. The fourth-order valence-corrected chi connectivity index (χ4v) is 7.21. The number of hydrogen-bond donors (Lipinski definition) is 0. The van der Waals surface area contributed by atoms with Crippen LogP contribution in [0.1, 0.15) is 34.7 Å². The number of anilines is 2. The summed E-state index contributed by atoms with van der Waals surface area (Å²) in [6.07, 6.45) is 3.01. The van der Waals surface area contributed by atoms with Crippen molar-refractivity contribution in [3.8, 4) is 0 Å². The molecule has 4 saturated heterocycles. The lowest BCUT2D eigenvalue weighted by molar-refractivity contribution is -0.136. The number of hydrazine groups is 1. The summed E-state index contributed by atoms with van der Waals surface area (Å²) in [5, 5.41) is 3.51. The maximum absolute atomic E-state index is 14.3. The monoisotopic (exact) mass is 562 g/mol. The van der Waals surface area contributed by atoms with E-state index in [2.05, 4.69) is 0 Å². The molecule has 6 atom stereocenters. The zero-order valence-corrected chi connectivity index (χ0v) is 22.8. The Bertz CT molecular complexity index is 1600. The van der Waals surface area contributed by atoms with Crippen LogP contribution < -0.4 is 9.80 Å². The minimum atomic E-state index is -0.969. The molecule has 0 radical (unpaired) electrons. The van der Waals surface area contributed by atoms with Crippen LogP contribution in [0.4, 0.5) is 11.4 Å². The van der Waals surface area contributed by atoms with E-state index in [1.54, 1.807) is 58.5 Å². The molecule has 42 heavy (non-hydrogen) atoms. The van der Waals surface area contributed by atoms with Gasteiger partial charge in [-0.15, -0.1) is 0 Å². The van der Waals surface area contributed by atoms with Gasteiger partial charge in [-0.1, -0.05) is 35.4 Å². The van der Waals surface area contributed by atoms with Crippen molar-refractivity contribution in [2.45, 2.75) is 38.0 Å². The number of carbonyl (C=O) groups excluding carboxylic acids is 4. The molecule has 0 spiro atoms. The van der Waals surface area contributed by atoms with Crippen LogP contribution in [0.15, 0.2) is 94.2 Å². The van der Waals surface area contributed by atoms with Crippen molar-refractivity contribution in [1.82, 2.24) is 10.0 Å². The summed E-state index contributed by atoms with van der Waals surface area (Å²) >= 11 is 0. The van der Waals surface area contributed by atoms with Gasteiger partial charge in [0.1, 0.15) is 23.6 Å². The van der Waals surface area contributed by atoms with Crippen LogP contribution in [0.25, 0.3) is 0 Å². The summed E-state index contributed by atoms with van der Waals surface area (Å²) in [7, 11) is 0. The zero-order chi connectivity index (χ0) is 28.9. The molecule has 0 N–H and O–H groups in total. The summed E-state index contributed by atoms with van der Waals surface area (Å²) in [5.41, 5.74) is 2.94. The maximum atomic E-state index is 14.3. The van der Waals surface area contributed by atoms with E-state index in [4.69, 9.17) is 8.83 Å². The lowest BCUT2D eigenvalue weighted by Gasteiger charge is -2.34. The summed E-state index contributed by atoms with van der Waals surface area (Å²) in [5.74, 6) is -2.48. The normalized spacial score (nSPS) is 29.1. The molecule has 0 aliphatic carbocycles. The van der Waals surface area contributed by atoms with Crippen molar-refractivity contribution < 1.29 is 28.0 Å². The van der Waals surface area contributed by atoms with Crippen LogP contribution >= 0.6 is 0 Å². The van der Waals surface area contributed by atoms with Gasteiger partial charge in [0.15, 0.2) is 0 Å². The molecule has 210 valence electrons. The minimum Gasteiger partial charge on any atom is -0.468 e. The first-order valence-electron chi connectivity index (χ1n) is 13.9. The van der Waals surface area contributed by atoms with Gasteiger partial charge < -0.3 is 8.83 Å². The van der Waals surface area contributed by atoms with Gasteiger partial charge in [-0.3, -0.25) is 19.2 Å². The van der Waals surface area contributed by atoms with E-state index in [0.717, 1.165) is 11.1 Å². The first-order valence-corrected chi connectivity index (χ1v) is 13.9. The highest BCUT2D eigenvalue weighted by molar-refractivity contribution is 6.26. The highest BCUT2D eigenvalue weighted by Gasteiger charge is 2.74. The van der Waals surface area contributed by atoms with E-state index < -0.39 is 47.8 Å². The second-order valence-electron chi connectivity index (χ2n) is 11.3. The molecule has 2 aromatic heterocycles. The van der Waals surface area contributed by atoms with E-state index in [1.165, 1.54) is 22.3 Å². The Morgan fingerprint density at radius 1 is 0.500 bits per heavy atom. The Kier molecular flexibility index (Phi) is 5.26. The predicted molar refractivity (Wildman–Crippen MR) is 148 cm³/mol. The first kappa shape index (κ1) is 25.0. The predicted octanol–water partition coefficient (Wildman–Crippen LogP) is 3.93. The summed E-state index contributed by atoms with van der Waals surface area (Å²) in [6, 6.07) is 17.8. The van der Waals surface area contributed by atoms with Gasteiger partial charge in [0.25, 0.3) is 11.8 Å². The average molecular weight is 563 g/mol. The van der Waals surface area contributed by atoms with Gasteiger partial charge in [-0.05, 0) is 62.4 Å². The molecule has 4 aliphatic heterocycles. The third-order valence-electron chi connectivity index (χ3n) is 8.98. The molecule has 4 aliphatic rings. The van der Waals surface area contributed by atoms with Gasteiger partial charge in [-0.25, -0.2) is 19.8 Å². The van der Waals surface area contributed by atoms with Gasteiger partial charge in [0.2, 0.25) is 11.8 Å². The van der Waals surface area contributed by atoms with Crippen molar-refractivity contribution >= 4 is 35.0 Å². The molecule has 0 unspecified atom stereocenters. The largest absolute Gasteiger partial charge is 0.468 e. The Morgan fingerprint density at radius 3 is 1.21 bits per heavy atom. The summed E-state index contributed by atoms with van der Waals surface area (Å²) < 4.78 is 11.7. The van der Waals surface area contributed by atoms with Gasteiger partial charge in [0.05, 0.1) is 47.8 Å². The Hall–Kier alpha value is -4.80. The molecule has 8 rings (SSSR count). The zero-order valence-electron chi connectivity index (χ0n) is 22.8. The quantitative estimate of drug-likeness (QED) is 0.345. The van der Waals surface area contributed by atoms with E-state index in [-0.39, 0.29) is 11.8 Å². The molecule has 4 amide bonds. The standard InChI is InChI=1S/C32H26N4O6/c1-17-7-11-19(12-8-17)33-29(37)23-25(21-5-3-15-41-21)36-28-24(26(22-6-4-16-42-22)35(36)27(23)31(33)39)30(38)34(32(28)40)20-13-9-18(2)10-14-20/h3-16,23-28H,1-2H3/t23-,24+,25+,26-,27-,28+. The van der Waals surface area contributed by atoms with Crippen LogP contribution in [0.5, 0.6) is 0 Å². The van der Waals surface area contributed by atoms with Crippen molar-refractivity contribution in [2.24, 2.45) is 11.8 Å². The average Bonchev–Trinajstić information content (AvgIpc) is 3.81. The Morgan fingerprint density at radius 2 is 0.881 bits per heavy atom. The van der Waals surface area contributed by atoms with Crippen LogP contribution in [0.3, 0.4) is 0 Å². The van der Waals surface area contributed by atoms with Crippen molar-refractivity contribution in [1.29, 1.82) is 0 Å². The van der Waals surface area contributed by atoms with E-state index in [9.17, 15) is 19.2 Å². The maximum Gasteiger partial charge on any atom is 0.253 e. The SMILES string of the molecule is Cc1ccc(N2C(=O)[C@@H]3[C@@H](C2=O)N2[C@@H](c4ccco4)[C@H]4C(=O)N(c5ccc(C)cc5)C(=O)[C@@H]4N2[C@@H]3c2ccco2)cc1. The van der Waals surface area contributed by atoms with Crippen molar-refractivity contribution in [3.05, 3.63) is 108 Å². The summed E-state index contributed by atoms with van der Waals surface area (Å²) in [4.78, 5) is 59.3. The molecule has 4 aromatic rings. The number of imide groups is 2. The fourth-order valence-electron chi connectivity index (χ4n) is 7.21. The van der Waals surface area contributed by atoms with Gasteiger partial charge in [0, 0.05) is 0 Å². The third-order valence-corrected chi connectivity index (χ3v) is 8.98. The number of furan rings is 2. The fraction of sp³-hybridized carbons (Fsp3) is 0.250. The molecule has 0 bridgehead atoms. The molecule has 2 aromatic carbocycles. The molecular weight excluding hydrogens is 536 g/mol. The van der Waals surface area contributed by atoms with Crippen molar-refractivity contribution in [3.63, 3.8) is 0 Å².